The summed E-state index contributed by atoms with van der Waals surface area (Å²) in [6, 6.07) is 0.544. The monoisotopic (exact) mass is 302 g/mol. The average Bonchev–Trinajstić information content (AvgIpc) is 2.66. The Labute approximate surface area is 123 Å². The first-order chi connectivity index (χ1) is 8.61. The van der Waals surface area contributed by atoms with Gasteiger partial charge < -0.3 is 5.32 Å². The lowest BCUT2D eigenvalue weighted by Gasteiger charge is -2.34. The SMILES string of the molecule is CNC(Cc1nc(C)c(C)s1)C1SCCSC1C. The van der Waals surface area contributed by atoms with Gasteiger partial charge in [0.2, 0.25) is 0 Å². The Balaban J connectivity index is 2.04. The smallest absolute Gasteiger partial charge is 0.0946 e. The molecule has 0 amide bonds. The molecule has 0 radical (unpaired) electrons. The number of likely N-dealkylation sites (N-methyl/N-ethyl adjacent to an activating group) is 1. The number of hydrogen-bond donors (Lipinski definition) is 1. The number of nitrogens with one attached hydrogen (secondary N) is 1. The van der Waals surface area contributed by atoms with E-state index in [0.29, 0.717) is 11.3 Å². The van der Waals surface area contributed by atoms with Gasteiger partial charge in [0.25, 0.3) is 0 Å². The van der Waals surface area contributed by atoms with Crippen LogP contribution >= 0.6 is 34.9 Å². The minimum Gasteiger partial charge on any atom is -0.315 e. The zero-order valence-electron chi connectivity index (χ0n) is 11.5. The van der Waals surface area contributed by atoms with Crippen LogP contribution in [0.2, 0.25) is 0 Å². The molecule has 3 unspecified atom stereocenters. The number of hydrogen-bond acceptors (Lipinski definition) is 5. The van der Waals surface area contributed by atoms with Gasteiger partial charge in [-0.05, 0) is 20.9 Å². The Morgan fingerprint density at radius 3 is 2.61 bits per heavy atom. The van der Waals surface area contributed by atoms with Gasteiger partial charge in [0.05, 0.1) is 10.7 Å². The molecule has 5 heteroatoms. The predicted octanol–water partition coefficient (Wildman–Crippen LogP) is 3.13. The zero-order chi connectivity index (χ0) is 13.1. The standard InChI is InChI=1S/C13H22N2S3/c1-8-9(2)18-12(15-8)7-11(14-4)13-10(3)16-5-6-17-13/h10-11,13-14H,5-7H2,1-4H3. The van der Waals surface area contributed by atoms with Gasteiger partial charge in [0.1, 0.15) is 0 Å². The lowest BCUT2D eigenvalue weighted by molar-refractivity contribution is 0.529. The lowest BCUT2D eigenvalue weighted by Crippen LogP contribution is -2.44. The van der Waals surface area contributed by atoms with Crippen molar-refractivity contribution in [1.82, 2.24) is 10.3 Å². The third-order valence-electron chi connectivity index (χ3n) is 3.47. The molecule has 2 nitrogen and oxygen atoms in total. The Hall–Kier alpha value is 0.290. The van der Waals surface area contributed by atoms with Crippen molar-refractivity contribution in [3.8, 4) is 0 Å². The highest BCUT2D eigenvalue weighted by atomic mass is 32.2. The van der Waals surface area contributed by atoms with Crippen LogP contribution in [0.15, 0.2) is 0 Å². The van der Waals surface area contributed by atoms with Gasteiger partial charge in [0.15, 0.2) is 0 Å². The van der Waals surface area contributed by atoms with E-state index in [1.165, 1.54) is 27.1 Å². The van der Waals surface area contributed by atoms with Gasteiger partial charge in [-0.2, -0.15) is 23.5 Å². The van der Waals surface area contributed by atoms with Crippen LogP contribution in [0.3, 0.4) is 0 Å². The van der Waals surface area contributed by atoms with Crippen LogP contribution in [0.4, 0.5) is 0 Å². The molecule has 0 bridgehead atoms. The fourth-order valence-corrected chi connectivity index (χ4v) is 6.28. The van der Waals surface area contributed by atoms with Crippen LogP contribution in [0.25, 0.3) is 0 Å². The second kappa shape index (κ2) is 6.64. The minimum absolute atomic E-state index is 0.544. The molecule has 1 aromatic heterocycles. The molecular formula is C13H22N2S3. The molecule has 2 heterocycles. The maximum absolute atomic E-state index is 4.68. The topological polar surface area (TPSA) is 24.9 Å². The fraction of sp³-hybridized carbons (Fsp3) is 0.769. The molecule has 1 saturated heterocycles. The molecule has 1 aromatic rings. The van der Waals surface area contributed by atoms with E-state index in [1.807, 2.05) is 11.3 Å². The lowest BCUT2D eigenvalue weighted by atomic mass is 10.1. The number of rotatable bonds is 4. The van der Waals surface area contributed by atoms with Crippen LogP contribution in [0.1, 0.15) is 22.5 Å². The molecule has 0 aromatic carbocycles. The second-order valence-corrected chi connectivity index (χ2v) is 8.82. The molecule has 0 spiro atoms. The van der Waals surface area contributed by atoms with E-state index in [-0.39, 0.29) is 0 Å². The van der Waals surface area contributed by atoms with Gasteiger partial charge in [-0.15, -0.1) is 11.3 Å². The molecule has 1 aliphatic heterocycles. The normalized spacial score (nSPS) is 26.2. The molecule has 1 aliphatic rings. The van der Waals surface area contributed by atoms with Crippen LogP contribution < -0.4 is 5.32 Å². The van der Waals surface area contributed by atoms with Crippen molar-refractivity contribution >= 4 is 34.9 Å². The van der Waals surface area contributed by atoms with E-state index in [9.17, 15) is 0 Å². The van der Waals surface area contributed by atoms with Gasteiger partial charge in [0, 0.05) is 39.3 Å². The molecule has 0 saturated carbocycles. The van der Waals surface area contributed by atoms with Gasteiger partial charge in [-0.1, -0.05) is 6.92 Å². The van der Waals surface area contributed by atoms with E-state index in [4.69, 9.17) is 0 Å². The van der Waals surface area contributed by atoms with Crippen LogP contribution in [0.5, 0.6) is 0 Å². The van der Waals surface area contributed by atoms with Gasteiger partial charge >= 0.3 is 0 Å². The first-order valence-corrected chi connectivity index (χ1v) is 9.36. The molecule has 102 valence electrons. The summed E-state index contributed by atoms with van der Waals surface area (Å²) in [6.07, 6.45) is 1.07. The van der Waals surface area contributed by atoms with E-state index in [1.54, 1.807) is 0 Å². The average molecular weight is 303 g/mol. The summed E-state index contributed by atoms with van der Waals surface area (Å²) >= 11 is 6.09. The molecule has 1 fully saturated rings. The van der Waals surface area contributed by atoms with Crippen molar-refractivity contribution in [3.63, 3.8) is 0 Å². The van der Waals surface area contributed by atoms with E-state index in [0.717, 1.165) is 11.7 Å². The van der Waals surface area contributed by atoms with Crippen molar-refractivity contribution in [2.45, 2.75) is 43.7 Å². The van der Waals surface area contributed by atoms with E-state index < -0.39 is 0 Å². The molecule has 18 heavy (non-hydrogen) atoms. The Bertz CT molecular complexity index is 372. The second-order valence-electron chi connectivity index (χ2n) is 4.76. The largest absolute Gasteiger partial charge is 0.315 e. The minimum atomic E-state index is 0.544. The van der Waals surface area contributed by atoms with Crippen LogP contribution in [0, 0.1) is 13.8 Å². The first kappa shape index (κ1) is 14.7. The summed E-state index contributed by atoms with van der Waals surface area (Å²) in [6.45, 7) is 6.64. The van der Waals surface area contributed by atoms with Crippen molar-refractivity contribution in [2.75, 3.05) is 18.6 Å². The molecule has 3 atom stereocenters. The third-order valence-corrected chi connectivity index (χ3v) is 7.82. The summed E-state index contributed by atoms with van der Waals surface area (Å²) in [5.41, 5.74) is 1.20. The summed E-state index contributed by atoms with van der Waals surface area (Å²) in [4.78, 5) is 6.04. The highest BCUT2D eigenvalue weighted by molar-refractivity contribution is 8.07. The van der Waals surface area contributed by atoms with Crippen molar-refractivity contribution in [1.29, 1.82) is 0 Å². The maximum Gasteiger partial charge on any atom is 0.0946 e. The molecule has 2 rings (SSSR count). The Morgan fingerprint density at radius 2 is 2.06 bits per heavy atom. The summed E-state index contributed by atoms with van der Waals surface area (Å²) < 4.78 is 0. The zero-order valence-corrected chi connectivity index (χ0v) is 14.0. The van der Waals surface area contributed by atoms with Gasteiger partial charge in [-0.3, -0.25) is 0 Å². The van der Waals surface area contributed by atoms with E-state index >= 15 is 0 Å². The van der Waals surface area contributed by atoms with Crippen molar-refractivity contribution in [2.24, 2.45) is 0 Å². The van der Waals surface area contributed by atoms with Crippen molar-refractivity contribution < 1.29 is 0 Å². The quantitative estimate of drug-likeness (QED) is 0.924. The summed E-state index contributed by atoms with van der Waals surface area (Å²) in [7, 11) is 2.09. The number of thiazole rings is 1. The fourth-order valence-electron chi connectivity index (χ4n) is 2.29. The summed E-state index contributed by atoms with van der Waals surface area (Å²) in [5.74, 6) is 2.59. The maximum atomic E-state index is 4.68. The van der Waals surface area contributed by atoms with Crippen LogP contribution in [-0.2, 0) is 6.42 Å². The van der Waals surface area contributed by atoms with E-state index in [2.05, 4.69) is 61.6 Å². The Morgan fingerprint density at radius 1 is 1.33 bits per heavy atom. The number of nitrogens with zero attached hydrogens (tertiary/aromatic N) is 1. The number of aromatic nitrogens is 1. The third kappa shape index (κ3) is 3.44. The highest BCUT2D eigenvalue weighted by Crippen LogP contribution is 2.34. The highest BCUT2D eigenvalue weighted by Gasteiger charge is 2.30. The Kier molecular flexibility index (Phi) is 5.42. The molecular weight excluding hydrogens is 280 g/mol. The first-order valence-electron chi connectivity index (χ1n) is 6.45. The van der Waals surface area contributed by atoms with Crippen molar-refractivity contribution in [3.05, 3.63) is 15.6 Å². The molecule has 0 aliphatic carbocycles. The van der Waals surface area contributed by atoms with Gasteiger partial charge in [-0.25, -0.2) is 4.98 Å². The number of aryl methyl sites for hydroxylation is 2. The molecule has 1 N–H and O–H groups in total. The predicted molar refractivity (Wildman–Crippen MR) is 86.3 cm³/mol. The summed E-state index contributed by atoms with van der Waals surface area (Å²) in [5, 5.41) is 6.24. The number of thioether (sulfide) groups is 2. The van der Waals surface area contributed by atoms with Crippen LogP contribution in [-0.4, -0.2) is 40.1 Å².